The van der Waals surface area contributed by atoms with E-state index in [9.17, 15) is 4.79 Å². The molecule has 0 aliphatic carbocycles. The predicted molar refractivity (Wildman–Crippen MR) is 100 cm³/mol. The van der Waals surface area contributed by atoms with Gasteiger partial charge in [0, 0.05) is 37.4 Å². The van der Waals surface area contributed by atoms with Crippen LogP contribution < -0.4 is 19.5 Å². The van der Waals surface area contributed by atoms with Gasteiger partial charge >= 0.3 is 0 Å². The lowest BCUT2D eigenvalue weighted by atomic mass is 10.2. The van der Waals surface area contributed by atoms with Crippen molar-refractivity contribution in [1.82, 2.24) is 4.98 Å². The molecule has 2 heterocycles. The summed E-state index contributed by atoms with van der Waals surface area (Å²) in [5.41, 5.74) is 1.15. The van der Waals surface area contributed by atoms with Gasteiger partial charge in [0.1, 0.15) is 11.5 Å². The normalized spacial score (nSPS) is 13.9. The number of anilines is 1. The highest BCUT2D eigenvalue weighted by Gasteiger charge is 2.31. The van der Waals surface area contributed by atoms with Crippen molar-refractivity contribution in [2.24, 2.45) is 0 Å². The van der Waals surface area contributed by atoms with Crippen LogP contribution in [0.5, 0.6) is 23.0 Å². The van der Waals surface area contributed by atoms with Gasteiger partial charge in [-0.15, -0.1) is 0 Å². The van der Waals surface area contributed by atoms with Crippen LogP contribution in [0, 0.1) is 0 Å². The molecule has 3 aromatic rings. The number of hydrogen-bond acceptors (Lipinski definition) is 5. The number of aromatic nitrogens is 1. The Morgan fingerprint density at radius 2 is 1.78 bits per heavy atom. The van der Waals surface area contributed by atoms with Crippen LogP contribution in [0.1, 0.15) is 24.2 Å². The van der Waals surface area contributed by atoms with E-state index in [2.05, 4.69) is 10.3 Å². The SMILES string of the molecule is CC1(C)Oc2ccc(NC(=O)c3ccc(Oc4cccnc4)cc3)cc2O1. The molecular formula is C21H18N2O4. The van der Waals surface area contributed by atoms with E-state index in [-0.39, 0.29) is 5.91 Å². The summed E-state index contributed by atoms with van der Waals surface area (Å²) in [6.07, 6.45) is 3.30. The molecule has 1 aromatic heterocycles. The first-order valence-electron chi connectivity index (χ1n) is 8.50. The molecule has 1 aliphatic heterocycles. The molecule has 6 nitrogen and oxygen atoms in total. The topological polar surface area (TPSA) is 69.7 Å². The number of fused-ring (bicyclic) bond motifs is 1. The molecule has 1 amide bonds. The number of nitrogens with one attached hydrogen (secondary N) is 1. The summed E-state index contributed by atoms with van der Waals surface area (Å²) in [7, 11) is 0. The van der Waals surface area contributed by atoms with Gasteiger partial charge in [0.2, 0.25) is 5.79 Å². The van der Waals surface area contributed by atoms with Crippen molar-refractivity contribution in [2.75, 3.05) is 5.32 Å². The number of nitrogens with zero attached hydrogens (tertiary/aromatic N) is 1. The first-order valence-corrected chi connectivity index (χ1v) is 8.50. The van der Waals surface area contributed by atoms with Gasteiger partial charge in [-0.2, -0.15) is 0 Å². The van der Waals surface area contributed by atoms with Crippen LogP contribution in [0.15, 0.2) is 67.0 Å². The van der Waals surface area contributed by atoms with Crippen molar-refractivity contribution in [3.05, 3.63) is 72.6 Å². The molecule has 0 radical (unpaired) electrons. The van der Waals surface area contributed by atoms with E-state index in [1.54, 1.807) is 60.9 Å². The molecule has 0 bridgehead atoms. The summed E-state index contributed by atoms with van der Waals surface area (Å²) in [5.74, 6) is 1.62. The fraction of sp³-hybridized carbons (Fsp3) is 0.143. The molecule has 0 saturated heterocycles. The van der Waals surface area contributed by atoms with E-state index in [1.807, 2.05) is 19.9 Å². The molecule has 0 unspecified atom stereocenters. The van der Waals surface area contributed by atoms with Gasteiger partial charge in [0.25, 0.3) is 5.91 Å². The first-order chi connectivity index (χ1) is 13.0. The Morgan fingerprint density at radius 1 is 1.00 bits per heavy atom. The highest BCUT2D eigenvalue weighted by molar-refractivity contribution is 6.04. The third-order valence-corrected chi connectivity index (χ3v) is 3.90. The van der Waals surface area contributed by atoms with Gasteiger partial charge in [0.15, 0.2) is 11.5 Å². The zero-order chi connectivity index (χ0) is 18.9. The summed E-state index contributed by atoms with van der Waals surface area (Å²) in [4.78, 5) is 16.5. The van der Waals surface area contributed by atoms with Crippen LogP contribution in [0.3, 0.4) is 0 Å². The predicted octanol–water partition coefficient (Wildman–Crippen LogP) is 4.63. The Hall–Kier alpha value is -3.54. The number of carbonyl (C=O) groups excluding carboxylic acids is 1. The summed E-state index contributed by atoms with van der Waals surface area (Å²) < 4.78 is 17.0. The quantitative estimate of drug-likeness (QED) is 0.732. The van der Waals surface area contributed by atoms with Crippen LogP contribution in [-0.2, 0) is 0 Å². The van der Waals surface area contributed by atoms with Gasteiger partial charge < -0.3 is 19.5 Å². The Bertz CT molecular complexity index is 969. The smallest absolute Gasteiger partial charge is 0.255 e. The van der Waals surface area contributed by atoms with Crippen molar-refractivity contribution in [1.29, 1.82) is 0 Å². The summed E-state index contributed by atoms with van der Waals surface area (Å²) >= 11 is 0. The average molecular weight is 362 g/mol. The second-order valence-electron chi connectivity index (χ2n) is 6.53. The van der Waals surface area contributed by atoms with Gasteiger partial charge in [0.05, 0.1) is 6.20 Å². The molecule has 0 saturated carbocycles. The zero-order valence-electron chi connectivity index (χ0n) is 14.9. The maximum Gasteiger partial charge on any atom is 0.255 e. The summed E-state index contributed by atoms with van der Waals surface area (Å²) in [5, 5.41) is 2.86. The lowest BCUT2D eigenvalue weighted by molar-refractivity contribution is -0.0431. The van der Waals surface area contributed by atoms with E-state index >= 15 is 0 Å². The van der Waals surface area contributed by atoms with Crippen LogP contribution in [0.25, 0.3) is 0 Å². The van der Waals surface area contributed by atoms with Crippen molar-refractivity contribution in [2.45, 2.75) is 19.6 Å². The number of carbonyl (C=O) groups is 1. The Labute approximate surface area is 156 Å². The van der Waals surface area contributed by atoms with Gasteiger partial charge in [-0.25, -0.2) is 0 Å². The molecule has 0 fully saturated rings. The molecular weight excluding hydrogens is 344 g/mol. The van der Waals surface area contributed by atoms with E-state index in [0.29, 0.717) is 34.2 Å². The van der Waals surface area contributed by atoms with Crippen molar-refractivity contribution in [3.8, 4) is 23.0 Å². The molecule has 6 heteroatoms. The van der Waals surface area contributed by atoms with Crippen LogP contribution in [-0.4, -0.2) is 16.7 Å². The molecule has 136 valence electrons. The molecule has 1 aliphatic rings. The summed E-state index contributed by atoms with van der Waals surface area (Å²) in [6, 6.07) is 15.8. The van der Waals surface area contributed by atoms with Crippen LogP contribution in [0.2, 0.25) is 0 Å². The highest BCUT2D eigenvalue weighted by atomic mass is 16.7. The number of benzene rings is 2. The minimum absolute atomic E-state index is 0.221. The number of pyridine rings is 1. The minimum atomic E-state index is -0.699. The van der Waals surface area contributed by atoms with Crippen molar-refractivity contribution >= 4 is 11.6 Å². The standard InChI is InChI=1S/C21H18N2O4/c1-21(2)26-18-10-7-15(12-19(18)27-21)23-20(24)14-5-8-16(9-6-14)25-17-4-3-11-22-13-17/h3-13H,1-2H3,(H,23,24). The molecule has 0 atom stereocenters. The average Bonchev–Trinajstić information content (AvgIpc) is 2.96. The lowest BCUT2D eigenvalue weighted by Crippen LogP contribution is -2.29. The lowest BCUT2D eigenvalue weighted by Gasteiger charge is -2.16. The Morgan fingerprint density at radius 3 is 2.52 bits per heavy atom. The van der Waals surface area contributed by atoms with Crippen molar-refractivity contribution in [3.63, 3.8) is 0 Å². The molecule has 27 heavy (non-hydrogen) atoms. The number of ether oxygens (including phenoxy) is 3. The largest absolute Gasteiger partial charge is 0.456 e. The third-order valence-electron chi connectivity index (χ3n) is 3.90. The highest BCUT2D eigenvalue weighted by Crippen LogP contribution is 2.40. The van der Waals surface area contributed by atoms with Gasteiger partial charge in [-0.1, -0.05) is 0 Å². The maximum atomic E-state index is 12.5. The van der Waals surface area contributed by atoms with E-state index < -0.39 is 5.79 Å². The zero-order valence-corrected chi connectivity index (χ0v) is 14.9. The van der Waals surface area contributed by atoms with E-state index in [1.165, 1.54) is 0 Å². The van der Waals surface area contributed by atoms with Gasteiger partial charge in [-0.3, -0.25) is 9.78 Å². The number of rotatable bonds is 4. The van der Waals surface area contributed by atoms with E-state index in [0.717, 1.165) is 0 Å². The number of amides is 1. The Kier molecular flexibility index (Phi) is 4.16. The maximum absolute atomic E-state index is 12.5. The molecule has 1 N–H and O–H groups in total. The second-order valence-corrected chi connectivity index (χ2v) is 6.53. The molecule has 2 aromatic carbocycles. The second kappa shape index (κ2) is 6.64. The third kappa shape index (κ3) is 3.84. The van der Waals surface area contributed by atoms with Crippen LogP contribution in [0.4, 0.5) is 5.69 Å². The number of hydrogen-bond donors (Lipinski definition) is 1. The minimum Gasteiger partial charge on any atom is -0.456 e. The fourth-order valence-electron chi connectivity index (χ4n) is 2.72. The molecule has 4 rings (SSSR count). The fourth-order valence-corrected chi connectivity index (χ4v) is 2.72. The van der Waals surface area contributed by atoms with Crippen molar-refractivity contribution < 1.29 is 19.0 Å². The van der Waals surface area contributed by atoms with E-state index in [4.69, 9.17) is 14.2 Å². The monoisotopic (exact) mass is 362 g/mol. The Balaban J connectivity index is 1.43. The first kappa shape index (κ1) is 16.9. The van der Waals surface area contributed by atoms with Gasteiger partial charge in [-0.05, 0) is 48.5 Å². The van der Waals surface area contributed by atoms with Crippen LogP contribution >= 0.6 is 0 Å². The summed E-state index contributed by atoms with van der Waals surface area (Å²) in [6.45, 7) is 3.67. The molecule has 0 spiro atoms.